The van der Waals surface area contributed by atoms with Gasteiger partial charge in [-0.2, -0.15) is 0 Å². The van der Waals surface area contributed by atoms with Crippen LogP contribution in [0.1, 0.15) is 42.9 Å². The second-order valence-electron chi connectivity index (χ2n) is 6.88. The van der Waals surface area contributed by atoms with E-state index in [0.717, 1.165) is 31.4 Å². The molecule has 132 valence electrons. The zero-order valence-electron chi connectivity index (χ0n) is 15.0. The van der Waals surface area contributed by atoms with Gasteiger partial charge in [-0.15, -0.1) is 0 Å². The van der Waals surface area contributed by atoms with Crippen LogP contribution >= 0.6 is 0 Å². The van der Waals surface area contributed by atoms with E-state index >= 15 is 0 Å². The summed E-state index contributed by atoms with van der Waals surface area (Å²) in [7, 11) is 0. The van der Waals surface area contributed by atoms with Crippen molar-refractivity contribution in [2.24, 2.45) is 0 Å². The Hall–Kier alpha value is -2.29. The van der Waals surface area contributed by atoms with Crippen LogP contribution in [0.2, 0.25) is 0 Å². The van der Waals surface area contributed by atoms with Crippen LogP contribution in [0.4, 0.5) is 0 Å². The zero-order chi connectivity index (χ0) is 17.5. The van der Waals surface area contributed by atoms with Gasteiger partial charge in [0.05, 0.1) is 0 Å². The highest BCUT2D eigenvalue weighted by Gasteiger charge is 2.15. The van der Waals surface area contributed by atoms with Crippen LogP contribution < -0.4 is 10.1 Å². The molecule has 0 saturated carbocycles. The number of benzene rings is 2. The Kier molecular flexibility index (Phi) is 6.10. The van der Waals surface area contributed by atoms with Gasteiger partial charge in [0, 0.05) is 6.04 Å². The van der Waals surface area contributed by atoms with Crippen molar-refractivity contribution in [3.63, 3.8) is 0 Å². The molecule has 1 atom stereocenters. The van der Waals surface area contributed by atoms with E-state index in [4.69, 9.17) is 4.74 Å². The third-order valence-electron chi connectivity index (χ3n) is 4.83. The van der Waals surface area contributed by atoms with Crippen LogP contribution in [0.3, 0.4) is 0 Å². The summed E-state index contributed by atoms with van der Waals surface area (Å²) >= 11 is 0. The molecule has 0 saturated heterocycles. The Labute approximate surface area is 150 Å². The topological polar surface area (TPSA) is 38.3 Å². The molecule has 1 N–H and O–H groups in total. The lowest BCUT2D eigenvalue weighted by molar-refractivity contribution is -0.123. The first-order valence-electron chi connectivity index (χ1n) is 9.29. The van der Waals surface area contributed by atoms with Crippen LogP contribution in [0, 0.1) is 0 Å². The minimum Gasteiger partial charge on any atom is -0.483 e. The second-order valence-corrected chi connectivity index (χ2v) is 6.88. The van der Waals surface area contributed by atoms with Crippen molar-refractivity contribution in [1.82, 2.24) is 5.32 Å². The Balaban J connectivity index is 1.45. The Morgan fingerprint density at radius 1 is 1.08 bits per heavy atom. The maximum atomic E-state index is 12.2. The molecule has 0 aromatic heterocycles. The number of carbonyl (C=O) groups is 1. The molecule has 2 aromatic rings. The zero-order valence-corrected chi connectivity index (χ0v) is 15.0. The molecule has 1 aliphatic carbocycles. The Bertz CT molecular complexity index is 696. The number of hydrogen-bond donors (Lipinski definition) is 1. The van der Waals surface area contributed by atoms with Gasteiger partial charge in [0.15, 0.2) is 6.61 Å². The molecule has 3 heteroatoms. The number of carbonyl (C=O) groups excluding carboxylic acids is 1. The van der Waals surface area contributed by atoms with Gasteiger partial charge in [0.2, 0.25) is 0 Å². The van der Waals surface area contributed by atoms with Gasteiger partial charge < -0.3 is 10.1 Å². The van der Waals surface area contributed by atoms with E-state index in [-0.39, 0.29) is 18.6 Å². The first kappa shape index (κ1) is 17.5. The summed E-state index contributed by atoms with van der Waals surface area (Å²) in [5.74, 6) is 0.832. The molecule has 25 heavy (non-hydrogen) atoms. The molecule has 0 unspecified atom stereocenters. The monoisotopic (exact) mass is 337 g/mol. The number of hydrogen-bond acceptors (Lipinski definition) is 2. The first-order chi connectivity index (χ1) is 12.2. The minimum atomic E-state index is -0.0472. The predicted molar refractivity (Wildman–Crippen MR) is 101 cm³/mol. The van der Waals surface area contributed by atoms with Crippen LogP contribution in [0.25, 0.3) is 0 Å². The summed E-state index contributed by atoms with van der Waals surface area (Å²) in [4.78, 5) is 12.2. The molecule has 0 heterocycles. The highest BCUT2D eigenvalue weighted by molar-refractivity contribution is 5.77. The lowest BCUT2D eigenvalue weighted by atomic mass is 9.91. The van der Waals surface area contributed by atoms with Crippen LogP contribution in [0.15, 0.2) is 48.5 Å². The molecule has 0 fully saturated rings. The molecular weight excluding hydrogens is 310 g/mol. The quantitative estimate of drug-likeness (QED) is 0.827. The van der Waals surface area contributed by atoms with E-state index in [0.29, 0.717) is 0 Å². The van der Waals surface area contributed by atoms with Gasteiger partial charge in [-0.05, 0) is 68.2 Å². The van der Waals surface area contributed by atoms with Crippen molar-refractivity contribution in [1.29, 1.82) is 0 Å². The SMILES string of the molecule is C[C@H](CCc1ccccc1)NC(=O)COc1cccc2c1CCCC2. The van der Waals surface area contributed by atoms with Gasteiger partial charge in [0.25, 0.3) is 5.91 Å². The van der Waals surface area contributed by atoms with E-state index in [9.17, 15) is 4.79 Å². The molecule has 0 spiro atoms. The lowest BCUT2D eigenvalue weighted by Crippen LogP contribution is -2.36. The van der Waals surface area contributed by atoms with E-state index < -0.39 is 0 Å². The summed E-state index contributed by atoms with van der Waals surface area (Å²) in [6.07, 6.45) is 6.52. The summed E-state index contributed by atoms with van der Waals surface area (Å²) in [6, 6.07) is 16.7. The van der Waals surface area contributed by atoms with Crippen molar-refractivity contribution < 1.29 is 9.53 Å². The van der Waals surface area contributed by atoms with E-state index in [1.165, 1.54) is 29.5 Å². The first-order valence-corrected chi connectivity index (χ1v) is 9.29. The van der Waals surface area contributed by atoms with Crippen molar-refractivity contribution in [3.8, 4) is 5.75 Å². The number of amides is 1. The number of rotatable bonds is 7. The number of nitrogens with one attached hydrogen (secondary N) is 1. The molecule has 1 amide bonds. The molecule has 1 aliphatic rings. The van der Waals surface area contributed by atoms with E-state index in [1.807, 2.05) is 37.3 Å². The normalized spacial score (nSPS) is 14.4. The Morgan fingerprint density at radius 2 is 1.88 bits per heavy atom. The summed E-state index contributed by atoms with van der Waals surface area (Å²) in [6.45, 7) is 2.14. The molecular formula is C22H27NO2. The van der Waals surface area contributed by atoms with Crippen molar-refractivity contribution in [3.05, 3.63) is 65.2 Å². The third-order valence-corrected chi connectivity index (χ3v) is 4.83. The average Bonchev–Trinajstić information content (AvgIpc) is 2.65. The van der Waals surface area contributed by atoms with Gasteiger partial charge >= 0.3 is 0 Å². The fourth-order valence-corrected chi connectivity index (χ4v) is 3.44. The fourth-order valence-electron chi connectivity index (χ4n) is 3.44. The van der Waals surface area contributed by atoms with Gasteiger partial charge in [0.1, 0.15) is 5.75 Å². The van der Waals surface area contributed by atoms with Crippen molar-refractivity contribution in [2.45, 2.75) is 51.5 Å². The van der Waals surface area contributed by atoms with Crippen molar-refractivity contribution in [2.75, 3.05) is 6.61 Å². The number of ether oxygens (including phenoxy) is 1. The minimum absolute atomic E-state index is 0.0472. The number of aryl methyl sites for hydroxylation is 2. The lowest BCUT2D eigenvalue weighted by Gasteiger charge is -2.20. The second kappa shape index (κ2) is 8.70. The third kappa shape index (κ3) is 5.09. The predicted octanol–water partition coefficient (Wildman–Crippen LogP) is 4.08. The van der Waals surface area contributed by atoms with Crippen LogP contribution in [-0.2, 0) is 24.1 Å². The van der Waals surface area contributed by atoms with E-state index in [2.05, 4.69) is 23.5 Å². The maximum absolute atomic E-state index is 12.2. The molecule has 0 radical (unpaired) electrons. The molecule has 2 aromatic carbocycles. The fraction of sp³-hybridized carbons (Fsp3) is 0.409. The van der Waals surface area contributed by atoms with Gasteiger partial charge in [-0.25, -0.2) is 0 Å². The Morgan fingerprint density at radius 3 is 2.72 bits per heavy atom. The summed E-state index contributed by atoms with van der Waals surface area (Å²) in [5.41, 5.74) is 3.97. The molecule has 3 rings (SSSR count). The number of fused-ring (bicyclic) bond motifs is 1. The summed E-state index contributed by atoms with van der Waals surface area (Å²) in [5, 5.41) is 3.04. The van der Waals surface area contributed by atoms with Gasteiger partial charge in [-0.3, -0.25) is 4.79 Å². The molecule has 0 bridgehead atoms. The molecule has 3 nitrogen and oxygen atoms in total. The van der Waals surface area contributed by atoms with Crippen molar-refractivity contribution >= 4 is 5.91 Å². The maximum Gasteiger partial charge on any atom is 0.258 e. The standard InChI is InChI=1S/C22H27NO2/c1-17(14-15-18-8-3-2-4-9-18)23-22(24)16-25-21-13-7-11-19-10-5-6-12-20(19)21/h2-4,7-9,11,13,17H,5-6,10,12,14-16H2,1H3,(H,23,24)/t17-/m1/s1. The largest absolute Gasteiger partial charge is 0.483 e. The van der Waals surface area contributed by atoms with Gasteiger partial charge in [-0.1, -0.05) is 42.5 Å². The summed E-state index contributed by atoms with van der Waals surface area (Å²) < 4.78 is 5.82. The van der Waals surface area contributed by atoms with Crippen LogP contribution in [-0.4, -0.2) is 18.6 Å². The van der Waals surface area contributed by atoms with Crippen LogP contribution in [0.5, 0.6) is 5.75 Å². The smallest absolute Gasteiger partial charge is 0.258 e. The highest BCUT2D eigenvalue weighted by atomic mass is 16.5. The average molecular weight is 337 g/mol. The molecule has 0 aliphatic heterocycles. The highest BCUT2D eigenvalue weighted by Crippen LogP contribution is 2.29. The van der Waals surface area contributed by atoms with E-state index in [1.54, 1.807) is 0 Å².